The summed E-state index contributed by atoms with van der Waals surface area (Å²) in [6.45, 7) is 2.72. The third-order valence-corrected chi connectivity index (χ3v) is 2.17. The van der Waals surface area contributed by atoms with Gasteiger partial charge in [0.2, 0.25) is 5.91 Å². The van der Waals surface area contributed by atoms with Gasteiger partial charge in [-0.1, -0.05) is 0 Å². The Labute approximate surface area is 92.8 Å². The quantitative estimate of drug-likeness (QED) is 0.815. The molecule has 0 saturated heterocycles. The van der Waals surface area contributed by atoms with E-state index in [-0.39, 0.29) is 12.5 Å². The first-order chi connectivity index (χ1) is 7.81. The largest absolute Gasteiger partial charge is 0.464 e. The van der Waals surface area contributed by atoms with E-state index in [1.54, 1.807) is 18.5 Å². The minimum Gasteiger partial charge on any atom is -0.464 e. The highest BCUT2D eigenvalue weighted by Gasteiger charge is 2.05. The second kappa shape index (κ2) is 4.65. The van der Waals surface area contributed by atoms with E-state index < -0.39 is 0 Å². The van der Waals surface area contributed by atoms with Crippen molar-refractivity contribution in [3.05, 3.63) is 24.6 Å². The first-order valence-electron chi connectivity index (χ1n) is 5.14. The number of aromatic nitrogens is 1. The van der Waals surface area contributed by atoms with Crippen LogP contribution in [-0.4, -0.2) is 24.0 Å². The van der Waals surface area contributed by atoms with Gasteiger partial charge in [0.15, 0.2) is 0 Å². The molecule has 0 aliphatic rings. The van der Waals surface area contributed by atoms with Gasteiger partial charge >= 0.3 is 0 Å². The van der Waals surface area contributed by atoms with Crippen LogP contribution in [0.1, 0.15) is 6.92 Å². The Kier molecular flexibility index (Phi) is 3.05. The van der Waals surface area contributed by atoms with Crippen LogP contribution in [0.15, 0.2) is 29.0 Å². The number of hydrogen-bond acceptors (Lipinski definition) is 4. The van der Waals surface area contributed by atoms with Crippen molar-refractivity contribution < 1.29 is 9.21 Å². The van der Waals surface area contributed by atoms with Gasteiger partial charge in [-0.3, -0.25) is 4.79 Å². The molecule has 84 valence electrons. The molecule has 0 aliphatic carbocycles. The summed E-state index contributed by atoms with van der Waals surface area (Å²) in [7, 11) is 0. The smallest absolute Gasteiger partial charge is 0.239 e. The number of likely N-dealkylation sites (N-methyl/N-ethyl adjacent to an activating group) is 1. The molecule has 1 amide bonds. The molecule has 2 heterocycles. The Morgan fingerprint density at radius 1 is 1.50 bits per heavy atom. The summed E-state index contributed by atoms with van der Waals surface area (Å²) in [5.74, 6) is 0.613. The molecule has 5 heteroatoms. The van der Waals surface area contributed by atoms with Gasteiger partial charge in [-0.2, -0.15) is 0 Å². The molecular formula is C11H13N3O2. The number of amides is 1. The monoisotopic (exact) mass is 219 g/mol. The van der Waals surface area contributed by atoms with E-state index in [1.165, 1.54) is 0 Å². The Morgan fingerprint density at radius 3 is 3.19 bits per heavy atom. The Bertz CT molecular complexity index is 493. The number of nitrogens with zero attached hydrogens (tertiary/aromatic N) is 1. The van der Waals surface area contributed by atoms with Gasteiger partial charge in [-0.15, -0.1) is 0 Å². The third kappa shape index (κ3) is 2.13. The molecule has 0 bridgehead atoms. The lowest BCUT2D eigenvalue weighted by molar-refractivity contribution is -0.119. The van der Waals surface area contributed by atoms with E-state index in [2.05, 4.69) is 15.6 Å². The lowest BCUT2D eigenvalue weighted by Gasteiger charge is -2.05. The van der Waals surface area contributed by atoms with Crippen LogP contribution in [0.5, 0.6) is 0 Å². The molecule has 16 heavy (non-hydrogen) atoms. The minimum absolute atomic E-state index is 0.0511. The van der Waals surface area contributed by atoms with Crippen molar-refractivity contribution in [2.75, 3.05) is 18.4 Å². The number of carbonyl (C=O) groups is 1. The predicted molar refractivity (Wildman–Crippen MR) is 61.2 cm³/mol. The summed E-state index contributed by atoms with van der Waals surface area (Å²) in [4.78, 5) is 15.4. The average Bonchev–Trinajstić information content (AvgIpc) is 2.75. The highest BCUT2D eigenvalue weighted by Crippen LogP contribution is 2.21. The van der Waals surface area contributed by atoms with Crippen molar-refractivity contribution in [3.63, 3.8) is 0 Å². The van der Waals surface area contributed by atoms with Gasteiger partial charge in [0.25, 0.3) is 0 Å². The molecular weight excluding hydrogens is 206 g/mol. The SMILES string of the molecule is CCNC(=O)CNc1nccc2occc12. The van der Waals surface area contributed by atoms with Crippen molar-refractivity contribution in [1.82, 2.24) is 10.3 Å². The number of furan rings is 1. The lowest BCUT2D eigenvalue weighted by Crippen LogP contribution is -2.29. The summed E-state index contributed by atoms with van der Waals surface area (Å²) in [6.07, 6.45) is 3.25. The molecule has 0 radical (unpaired) electrons. The summed E-state index contributed by atoms with van der Waals surface area (Å²) in [5, 5.41) is 6.56. The minimum atomic E-state index is -0.0511. The van der Waals surface area contributed by atoms with Gasteiger partial charge < -0.3 is 15.1 Å². The van der Waals surface area contributed by atoms with Crippen LogP contribution in [0.3, 0.4) is 0 Å². The van der Waals surface area contributed by atoms with E-state index in [0.717, 1.165) is 11.0 Å². The first-order valence-corrected chi connectivity index (χ1v) is 5.14. The molecule has 0 spiro atoms. The molecule has 5 nitrogen and oxygen atoms in total. The summed E-state index contributed by atoms with van der Waals surface area (Å²) >= 11 is 0. The van der Waals surface area contributed by atoms with Gasteiger partial charge in [-0.05, 0) is 19.1 Å². The van der Waals surface area contributed by atoms with Crippen molar-refractivity contribution in [3.8, 4) is 0 Å². The van der Waals surface area contributed by atoms with Gasteiger partial charge in [-0.25, -0.2) is 4.98 Å². The fraction of sp³-hybridized carbons (Fsp3) is 0.273. The van der Waals surface area contributed by atoms with Gasteiger partial charge in [0.05, 0.1) is 18.2 Å². The number of hydrogen-bond donors (Lipinski definition) is 2. The van der Waals surface area contributed by atoms with E-state index >= 15 is 0 Å². The van der Waals surface area contributed by atoms with E-state index in [1.807, 2.05) is 13.0 Å². The van der Waals surface area contributed by atoms with Gasteiger partial charge in [0.1, 0.15) is 11.4 Å². The Balaban J connectivity index is 2.09. The molecule has 0 aromatic carbocycles. The highest BCUT2D eigenvalue weighted by molar-refractivity contribution is 5.90. The first kappa shape index (κ1) is 10.5. The lowest BCUT2D eigenvalue weighted by atomic mass is 10.3. The maximum absolute atomic E-state index is 11.3. The molecule has 0 unspecified atom stereocenters. The zero-order chi connectivity index (χ0) is 11.4. The molecule has 2 rings (SSSR count). The molecule has 2 N–H and O–H groups in total. The average molecular weight is 219 g/mol. The summed E-state index contributed by atoms with van der Waals surface area (Å²) in [6, 6.07) is 3.61. The van der Waals surface area contributed by atoms with Crippen LogP contribution in [0, 0.1) is 0 Å². The maximum Gasteiger partial charge on any atom is 0.239 e. The number of pyridine rings is 1. The highest BCUT2D eigenvalue weighted by atomic mass is 16.3. The summed E-state index contributed by atoms with van der Waals surface area (Å²) < 4.78 is 5.23. The van der Waals surface area contributed by atoms with E-state index in [4.69, 9.17) is 4.42 Å². The van der Waals surface area contributed by atoms with Crippen LogP contribution >= 0.6 is 0 Å². The number of fused-ring (bicyclic) bond motifs is 1. The number of rotatable bonds is 4. The van der Waals surface area contributed by atoms with Gasteiger partial charge in [0, 0.05) is 12.7 Å². The fourth-order valence-corrected chi connectivity index (χ4v) is 1.46. The van der Waals surface area contributed by atoms with Crippen molar-refractivity contribution in [2.45, 2.75) is 6.92 Å². The van der Waals surface area contributed by atoms with Crippen LogP contribution in [0.25, 0.3) is 11.0 Å². The van der Waals surface area contributed by atoms with Crippen LogP contribution in [0.2, 0.25) is 0 Å². The van der Waals surface area contributed by atoms with Crippen LogP contribution < -0.4 is 10.6 Å². The molecule has 0 fully saturated rings. The van der Waals surface area contributed by atoms with Crippen molar-refractivity contribution >= 4 is 22.7 Å². The third-order valence-electron chi connectivity index (χ3n) is 2.17. The second-order valence-electron chi connectivity index (χ2n) is 3.30. The molecule has 2 aromatic heterocycles. The molecule has 2 aromatic rings. The number of anilines is 1. The fourth-order valence-electron chi connectivity index (χ4n) is 1.46. The normalized spacial score (nSPS) is 10.3. The molecule has 0 atom stereocenters. The second-order valence-corrected chi connectivity index (χ2v) is 3.30. The Morgan fingerprint density at radius 2 is 2.38 bits per heavy atom. The standard InChI is InChI=1S/C11H13N3O2/c1-2-12-10(15)7-14-11-8-4-6-16-9(8)3-5-13-11/h3-6H,2,7H2,1H3,(H,12,15)(H,13,14). The number of nitrogens with one attached hydrogen (secondary N) is 2. The summed E-state index contributed by atoms with van der Waals surface area (Å²) in [5.41, 5.74) is 0.758. The predicted octanol–water partition coefficient (Wildman–Crippen LogP) is 1.38. The van der Waals surface area contributed by atoms with E-state index in [9.17, 15) is 4.79 Å². The topological polar surface area (TPSA) is 67.2 Å². The van der Waals surface area contributed by atoms with Crippen molar-refractivity contribution in [2.24, 2.45) is 0 Å². The molecule has 0 saturated carbocycles. The Hall–Kier alpha value is -2.04. The van der Waals surface area contributed by atoms with Crippen LogP contribution in [-0.2, 0) is 4.79 Å². The van der Waals surface area contributed by atoms with Crippen molar-refractivity contribution in [1.29, 1.82) is 0 Å². The zero-order valence-electron chi connectivity index (χ0n) is 8.99. The van der Waals surface area contributed by atoms with Crippen LogP contribution in [0.4, 0.5) is 5.82 Å². The zero-order valence-corrected chi connectivity index (χ0v) is 8.99. The maximum atomic E-state index is 11.3. The van der Waals surface area contributed by atoms with E-state index in [0.29, 0.717) is 12.4 Å². The number of carbonyl (C=O) groups excluding carboxylic acids is 1. The molecule has 0 aliphatic heterocycles.